The quantitative estimate of drug-likeness (QED) is 0.191. The number of aryl methyl sites for hydroxylation is 3. The second-order valence-electron chi connectivity index (χ2n) is 12.0. The van der Waals surface area contributed by atoms with E-state index in [4.69, 9.17) is 0 Å². The van der Waals surface area contributed by atoms with Crippen LogP contribution in [-0.2, 0) is 32.6 Å². The molecular weight excluding hydrogens is 582 g/mol. The van der Waals surface area contributed by atoms with Crippen LogP contribution in [0.4, 0.5) is 5.69 Å². The Bertz CT molecular complexity index is 1710. The molecule has 0 saturated heterocycles. The average molecular weight is 626 g/mol. The summed E-state index contributed by atoms with van der Waals surface area (Å²) in [5, 5.41) is 3.03. The number of rotatable bonds is 13. The van der Waals surface area contributed by atoms with Gasteiger partial charge in [-0.15, -0.1) is 0 Å². The fraction of sp³-hybridized carbons (Fsp3) is 0.297. The van der Waals surface area contributed by atoms with Gasteiger partial charge in [0.15, 0.2) is 0 Å². The van der Waals surface area contributed by atoms with Crippen LogP contribution in [0.5, 0.6) is 0 Å². The van der Waals surface area contributed by atoms with Gasteiger partial charge in [0.25, 0.3) is 10.0 Å². The van der Waals surface area contributed by atoms with Gasteiger partial charge >= 0.3 is 0 Å². The minimum Gasteiger partial charge on any atom is -0.354 e. The van der Waals surface area contributed by atoms with Gasteiger partial charge in [-0.25, -0.2) is 8.42 Å². The van der Waals surface area contributed by atoms with Gasteiger partial charge in [-0.05, 0) is 61.6 Å². The van der Waals surface area contributed by atoms with Crippen molar-refractivity contribution in [3.05, 3.63) is 131 Å². The Balaban J connectivity index is 1.82. The molecule has 0 bridgehead atoms. The third-order valence-electron chi connectivity index (χ3n) is 7.62. The van der Waals surface area contributed by atoms with E-state index in [9.17, 15) is 18.0 Å². The van der Waals surface area contributed by atoms with E-state index in [2.05, 4.69) is 5.32 Å². The molecule has 0 aliphatic heterocycles. The zero-order valence-corrected chi connectivity index (χ0v) is 27.6. The topological polar surface area (TPSA) is 86.8 Å². The lowest BCUT2D eigenvalue weighted by Gasteiger charge is -2.34. The summed E-state index contributed by atoms with van der Waals surface area (Å²) in [6.45, 7) is 9.88. The largest absolute Gasteiger partial charge is 0.354 e. The van der Waals surface area contributed by atoms with Crippen LogP contribution in [0.15, 0.2) is 108 Å². The Morgan fingerprint density at radius 2 is 1.38 bits per heavy atom. The van der Waals surface area contributed by atoms with E-state index >= 15 is 0 Å². The lowest BCUT2D eigenvalue weighted by atomic mass is 10.0. The van der Waals surface area contributed by atoms with Crippen molar-refractivity contribution in [2.24, 2.45) is 5.92 Å². The van der Waals surface area contributed by atoms with Crippen LogP contribution in [0.3, 0.4) is 0 Å². The standard InChI is InChI=1S/C37H43N3O4S/c1-27(2)24-38-37(42)35(23-31-14-8-6-9-15-31)39(25-32-16-12-13-28(3)22-32)36(41)26-40(34-20-19-29(4)21-30(34)5)45(43,44)33-17-10-7-11-18-33/h6-22,27,35H,23-26H2,1-5H3,(H,38,42)/t35-/m1/s1. The zero-order valence-electron chi connectivity index (χ0n) is 26.7. The molecule has 236 valence electrons. The number of nitrogens with zero attached hydrogens (tertiary/aromatic N) is 2. The Kier molecular flexibility index (Phi) is 11.2. The van der Waals surface area contributed by atoms with E-state index in [0.717, 1.165) is 27.8 Å². The third kappa shape index (κ3) is 8.82. The number of anilines is 1. The van der Waals surface area contributed by atoms with Gasteiger partial charge in [0.2, 0.25) is 11.8 Å². The summed E-state index contributed by atoms with van der Waals surface area (Å²) in [5.74, 6) is -0.544. The van der Waals surface area contributed by atoms with E-state index in [1.165, 1.54) is 21.3 Å². The first kappa shape index (κ1) is 33.5. The summed E-state index contributed by atoms with van der Waals surface area (Å²) < 4.78 is 29.5. The number of hydrogen-bond acceptors (Lipinski definition) is 4. The van der Waals surface area contributed by atoms with Gasteiger partial charge in [-0.3, -0.25) is 13.9 Å². The summed E-state index contributed by atoms with van der Waals surface area (Å²) in [4.78, 5) is 30.1. The van der Waals surface area contributed by atoms with E-state index < -0.39 is 28.5 Å². The van der Waals surface area contributed by atoms with E-state index in [-0.39, 0.29) is 29.7 Å². The van der Waals surface area contributed by atoms with Crippen molar-refractivity contribution in [3.63, 3.8) is 0 Å². The molecule has 0 heterocycles. The van der Waals surface area contributed by atoms with Crippen LogP contribution in [0, 0.1) is 26.7 Å². The Labute approximate surface area is 268 Å². The van der Waals surface area contributed by atoms with Crippen molar-refractivity contribution in [2.75, 3.05) is 17.4 Å². The normalized spacial score (nSPS) is 12.0. The van der Waals surface area contributed by atoms with Crippen LogP contribution in [-0.4, -0.2) is 44.3 Å². The number of sulfonamides is 1. The first-order chi connectivity index (χ1) is 21.5. The lowest BCUT2D eigenvalue weighted by Crippen LogP contribution is -2.53. The predicted octanol–water partition coefficient (Wildman–Crippen LogP) is 6.22. The van der Waals surface area contributed by atoms with E-state index in [0.29, 0.717) is 12.2 Å². The van der Waals surface area contributed by atoms with E-state index in [1.807, 2.05) is 101 Å². The summed E-state index contributed by atoms with van der Waals surface area (Å²) in [6.07, 6.45) is 0.275. The number of nitrogens with one attached hydrogen (secondary N) is 1. The van der Waals surface area contributed by atoms with Gasteiger partial charge in [-0.1, -0.05) is 110 Å². The van der Waals surface area contributed by atoms with Crippen LogP contribution >= 0.6 is 0 Å². The summed E-state index contributed by atoms with van der Waals surface area (Å²) >= 11 is 0. The van der Waals surface area contributed by atoms with Crippen LogP contribution in [0.25, 0.3) is 0 Å². The fourth-order valence-corrected chi connectivity index (χ4v) is 6.80. The molecule has 0 unspecified atom stereocenters. The molecule has 2 amide bonds. The zero-order chi connectivity index (χ0) is 32.6. The van der Waals surface area contributed by atoms with Crippen LogP contribution < -0.4 is 9.62 Å². The van der Waals surface area contributed by atoms with Crippen molar-refractivity contribution in [2.45, 2.75) is 58.5 Å². The first-order valence-electron chi connectivity index (χ1n) is 15.3. The highest BCUT2D eigenvalue weighted by Gasteiger charge is 2.35. The molecule has 4 rings (SSSR count). The van der Waals surface area contributed by atoms with Crippen molar-refractivity contribution in [3.8, 4) is 0 Å². The highest BCUT2D eigenvalue weighted by Crippen LogP contribution is 2.28. The average Bonchev–Trinajstić information content (AvgIpc) is 3.01. The van der Waals surface area contributed by atoms with Gasteiger partial charge in [0.05, 0.1) is 10.6 Å². The van der Waals surface area contributed by atoms with Crippen molar-refractivity contribution >= 4 is 27.5 Å². The van der Waals surface area contributed by atoms with Crippen molar-refractivity contribution in [1.29, 1.82) is 0 Å². The number of amides is 2. The van der Waals surface area contributed by atoms with Crippen LogP contribution in [0.2, 0.25) is 0 Å². The predicted molar refractivity (Wildman–Crippen MR) is 180 cm³/mol. The molecular formula is C37H43N3O4S. The van der Waals surface area contributed by atoms with Crippen molar-refractivity contribution in [1.82, 2.24) is 10.2 Å². The molecule has 0 aliphatic rings. The molecule has 0 saturated carbocycles. The second-order valence-corrected chi connectivity index (χ2v) is 13.8. The number of carbonyl (C=O) groups excluding carboxylic acids is 2. The molecule has 0 aromatic heterocycles. The Hall–Kier alpha value is -4.43. The second kappa shape index (κ2) is 15.0. The minimum atomic E-state index is -4.14. The summed E-state index contributed by atoms with van der Waals surface area (Å²) in [5.41, 5.74) is 4.88. The lowest BCUT2D eigenvalue weighted by molar-refractivity contribution is -0.140. The minimum absolute atomic E-state index is 0.0820. The van der Waals surface area contributed by atoms with Gasteiger partial charge in [0.1, 0.15) is 12.6 Å². The van der Waals surface area contributed by atoms with Gasteiger partial charge in [-0.2, -0.15) is 0 Å². The molecule has 0 aliphatic carbocycles. The Morgan fingerprint density at radius 3 is 2.00 bits per heavy atom. The molecule has 8 heteroatoms. The van der Waals surface area contributed by atoms with Crippen LogP contribution in [0.1, 0.15) is 41.7 Å². The van der Waals surface area contributed by atoms with Gasteiger partial charge < -0.3 is 10.2 Å². The summed E-state index contributed by atoms with van der Waals surface area (Å²) in [7, 11) is -4.14. The maximum atomic E-state index is 14.6. The first-order valence-corrected chi connectivity index (χ1v) is 16.7. The van der Waals surface area contributed by atoms with E-state index in [1.54, 1.807) is 24.3 Å². The Morgan fingerprint density at radius 1 is 0.756 bits per heavy atom. The SMILES string of the molecule is Cc1cccc(CN(C(=O)CN(c2ccc(C)cc2C)S(=O)(=O)c2ccccc2)[C@H](Cc2ccccc2)C(=O)NCC(C)C)c1. The smallest absolute Gasteiger partial charge is 0.264 e. The maximum absolute atomic E-state index is 14.6. The maximum Gasteiger partial charge on any atom is 0.264 e. The highest BCUT2D eigenvalue weighted by atomic mass is 32.2. The van der Waals surface area contributed by atoms with Crippen molar-refractivity contribution < 1.29 is 18.0 Å². The molecule has 0 spiro atoms. The molecule has 0 radical (unpaired) electrons. The number of carbonyl (C=O) groups is 2. The molecule has 45 heavy (non-hydrogen) atoms. The monoisotopic (exact) mass is 625 g/mol. The fourth-order valence-electron chi connectivity index (χ4n) is 5.30. The number of hydrogen-bond donors (Lipinski definition) is 1. The molecule has 0 fully saturated rings. The molecule has 7 nitrogen and oxygen atoms in total. The third-order valence-corrected chi connectivity index (χ3v) is 9.40. The molecule has 1 N–H and O–H groups in total. The highest BCUT2D eigenvalue weighted by molar-refractivity contribution is 7.92. The van der Waals surface area contributed by atoms with Gasteiger partial charge in [0, 0.05) is 19.5 Å². The molecule has 1 atom stereocenters. The summed E-state index contributed by atoms with van der Waals surface area (Å²) in [6, 6.07) is 30.1. The molecule has 4 aromatic carbocycles. The molecule has 4 aromatic rings. The number of benzene rings is 4.